The summed E-state index contributed by atoms with van der Waals surface area (Å²) < 4.78 is 59.2. The third-order valence-corrected chi connectivity index (χ3v) is 6.64. The molecule has 1 aromatic heterocycles. The third-order valence-electron chi connectivity index (χ3n) is 4.48. The lowest BCUT2D eigenvalue weighted by atomic mass is 10.2. The van der Waals surface area contributed by atoms with Crippen LogP contribution in [0.5, 0.6) is 5.75 Å². The molecule has 1 unspecified atom stereocenters. The maximum atomic E-state index is 13.3. The zero-order chi connectivity index (χ0) is 22.4. The lowest BCUT2D eigenvalue weighted by Crippen LogP contribution is -2.33. The van der Waals surface area contributed by atoms with Gasteiger partial charge in [0, 0.05) is 19.6 Å². The van der Waals surface area contributed by atoms with Gasteiger partial charge in [-0.15, -0.1) is 0 Å². The molecule has 0 radical (unpaired) electrons. The smallest absolute Gasteiger partial charge is 0.240 e. The van der Waals surface area contributed by atoms with Crippen LogP contribution in [0.25, 0.3) is 0 Å². The van der Waals surface area contributed by atoms with E-state index in [1.807, 2.05) is 31.3 Å². The van der Waals surface area contributed by atoms with E-state index < -0.39 is 27.8 Å². The van der Waals surface area contributed by atoms with Gasteiger partial charge in [-0.25, -0.2) is 21.9 Å². The van der Waals surface area contributed by atoms with E-state index in [1.165, 1.54) is 5.56 Å². The molecule has 2 aromatic carbocycles. The van der Waals surface area contributed by atoms with Crippen molar-refractivity contribution in [2.24, 2.45) is 0 Å². The molecule has 0 spiro atoms. The van der Waals surface area contributed by atoms with Crippen LogP contribution in [0.1, 0.15) is 18.1 Å². The monoisotopic (exact) mass is 466 g/mol. The Balaban J connectivity index is 1.54. The molecule has 3 rings (SSSR count). The number of ether oxygens (including phenoxy) is 1. The van der Waals surface area contributed by atoms with Crippen LogP contribution in [0, 0.1) is 11.6 Å². The maximum Gasteiger partial charge on any atom is 0.240 e. The fourth-order valence-electron chi connectivity index (χ4n) is 3.01. The molecular formula is C22H24F2N2O3S2. The number of benzene rings is 2. The van der Waals surface area contributed by atoms with E-state index in [1.54, 1.807) is 18.3 Å². The first-order valence-electron chi connectivity index (χ1n) is 9.63. The molecule has 0 fully saturated rings. The van der Waals surface area contributed by atoms with E-state index in [0.29, 0.717) is 11.8 Å². The molecule has 0 aliphatic heterocycles. The molecule has 0 bridgehead atoms. The van der Waals surface area contributed by atoms with Crippen molar-refractivity contribution in [2.45, 2.75) is 31.0 Å². The summed E-state index contributed by atoms with van der Waals surface area (Å²) in [4.78, 5) is 1.86. The van der Waals surface area contributed by atoms with Crippen molar-refractivity contribution in [3.8, 4) is 5.75 Å². The van der Waals surface area contributed by atoms with Crippen molar-refractivity contribution in [3.63, 3.8) is 0 Å². The highest BCUT2D eigenvalue weighted by Crippen LogP contribution is 2.18. The zero-order valence-electron chi connectivity index (χ0n) is 17.2. The number of sulfonamides is 1. The summed E-state index contributed by atoms with van der Waals surface area (Å²) in [7, 11) is -1.94. The summed E-state index contributed by atoms with van der Waals surface area (Å²) in [6, 6.07) is 12.2. The highest BCUT2D eigenvalue weighted by atomic mass is 32.2. The molecule has 1 N–H and O–H groups in total. The first kappa shape index (κ1) is 23.3. The minimum Gasteiger partial charge on any atom is -0.489 e. The summed E-state index contributed by atoms with van der Waals surface area (Å²) in [5.41, 5.74) is 2.34. The van der Waals surface area contributed by atoms with E-state index >= 15 is 0 Å². The summed E-state index contributed by atoms with van der Waals surface area (Å²) in [5, 5.41) is 4.18. The Morgan fingerprint density at radius 1 is 1.06 bits per heavy atom. The normalized spacial score (nSPS) is 12.8. The largest absolute Gasteiger partial charge is 0.489 e. The molecule has 0 saturated carbocycles. The van der Waals surface area contributed by atoms with Crippen LogP contribution in [0.4, 0.5) is 8.78 Å². The van der Waals surface area contributed by atoms with Gasteiger partial charge in [-0.2, -0.15) is 11.3 Å². The second-order valence-corrected chi connectivity index (χ2v) is 9.85. The molecular weight excluding hydrogens is 442 g/mol. The number of rotatable bonds is 10. The van der Waals surface area contributed by atoms with Crippen LogP contribution in [-0.2, 0) is 23.1 Å². The van der Waals surface area contributed by atoms with Gasteiger partial charge in [0.1, 0.15) is 11.9 Å². The number of nitrogens with one attached hydrogen (secondary N) is 1. The number of nitrogens with zero attached hydrogens (tertiary/aromatic N) is 1. The van der Waals surface area contributed by atoms with Crippen LogP contribution in [0.3, 0.4) is 0 Å². The minimum absolute atomic E-state index is 0.0242. The van der Waals surface area contributed by atoms with E-state index in [2.05, 4.69) is 26.4 Å². The van der Waals surface area contributed by atoms with Crippen LogP contribution >= 0.6 is 11.3 Å². The number of thiophene rings is 1. The van der Waals surface area contributed by atoms with Crippen LogP contribution in [0.15, 0.2) is 64.2 Å². The van der Waals surface area contributed by atoms with Crippen molar-refractivity contribution >= 4 is 21.4 Å². The quantitative estimate of drug-likeness (QED) is 0.481. The van der Waals surface area contributed by atoms with E-state index in [9.17, 15) is 17.2 Å². The number of halogens is 2. The first-order chi connectivity index (χ1) is 14.7. The van der Waals surface area contributed by atoms with Gasteiger partial charge < -0.3 is 4.74 Å². The Morgan fingerprint density at radius 2 is 1.84 bits per heavy atom. The predicted octanol–water partition coefficient (Wildman–Crippen LogP) is 4.40. The number of hydrogen-bond acceptors (Lipinski definition) is 5. The maximum absolute atomic E-state index is 13.3. The van der Waals surface area contributed by atoms with Gasteiger partial charge in [0.15, 0.2) is 11.6 Å². The highest BCUT2D eigenvalue weighted by molar-refractivity contribution is 7.89. The Labute approximate surface area is 185 Å². The van der Waals surface area contributed by atoms with Crippen molar-refractivity contribution in [1.82, 2.24) is 9.62 Å². The summed E-state index contributed by atoms with van der Waals surface area (Å²) in [6.45, 7) is 3.29. The second kappa shape index (κ2) is 10.3. The summed E-state index contributed by atoms with van der Waals surface area (Å²) in [6.07, 6.45) is -0.473. The Morgan fingerprint density at radius 3 is 2.55 bits per heavy atom. The van der Waals surface area contributed by atoms with Crippen molar-refractivity contribution in [3.05, 3.63) is 82.1 Å². The van der Waals surface area contributed by atoms with Gasteiger partial charge >= 0.3 is 0 Å². The Bertz CT molecular complexity index is 1110. The van der Waals surface area contributed by atoms with Crippen molar-refractivity contribution < 1.29 is 21.9 Å². The lowest BCUT2D eigenvalue weighted by Gasteiger charge is -2.18. The molecule has 9 heteroatoms. The minimum atomic E-state index is -3.98. The molecule has 31 heavy (non-hydrogen) atoms. The molecule has 0 saturated heterocycles. The van der Waals surface area contributed by atoms with Gasteiger partial charge in [0.2, 0.25) is 10.0 Å². The van der Waals surface area contributed by atoms with Crippen LogP contribution in [-0.4, -0.2) is 33.0 Å². The van der Waals surface area contributed by atoms with Gasteiger partial charge in [-0.3, -0.25) is 4.90 Å². The topological polar surface area (TPSA) is 58.6 Å². The summed E-state index contributed by atoms with van der Waals surface area (Å²) in [5.74, 6) is -1.69. The van der Waals surface area contributed by atoms with Gasteiger partial charge in [-0.1, -0.05) is 12.1 Å². The standard InChI is InChI=1S/C22H24F2N2O3S2/c1-16(12-25-31(27,28)20-6-7-21(23)22(24)11-20)29-19-5-3-4-17(10-19)13-26(2)14-18-8-9-30-15-18/h3-11,15-16,25H,12-14H2,1-2H3. The molecule has 1 atom stereocenters. The van der Waals surface area contributed by atoms with E-state index in [4.69, 9.17) is 4.74 Å². The van der Waals surface area contributed by atoms with Crippen molar-refractivity contribution in [2.75, 3.05) is 13.6 Å². The third kappa shape index (κ3) is 6.83. The molecule has 3 aromatic rings. The lowest BCUT2D eigenvalue weighted by molar-refractivity contribution is 0.224. The first-order valence-corrected chi connectivity index (χ1v) is 12.1. The Kier molecular flexibility index (Phi) is 7.77. The van der Waals surface area contributed by atoms with Crippen LogP contribution < -0.4 is 9.46 Å². The van der Waals surface area contributed by atoms with Gasteiger partial charge in [0.25, 0.3) is 0 Å². The average Bonchev–Trinajstić information content (AvgIpc) is 3.21. The average molecular weight is 467 g/mol. The van der Waals surface area contributed by atoms with E-state index in [-0.39, 0.29) is 11.4 Å². The Hall–Kier alpha value is -2.33. The van der Waals surface area contributed by atoms with Gasteiger partial charge in [0.05, 0.1) is 4.90 Å². The molecule has 1 heterocycles. The summed E-state index contributed by atoms with van der Waals surface area (Å²) >= 11 is 1.67. The molecule has 5 nitrogen and oxygen atoms in total. The van der Waals surface area contributed by atoms with E-state index in [0.717, 1.165) is 30.8 Å². The highest BCUT2D eigenvalue weighted by Gasteiger charge is 2.18. The fraction of sp³-hybridized carbons (Fsp3) is 0.273. The zero-order valence-corrected chi connectivity index (χ0v) is 18.8. The van der Waals surface area contributed by atoms with Gasteiger partial charge in [-0.05, 0) is 72.3 Å². The predicted molar refractivity (Wildman–Crippen MR) is 118 cm³/mol. The molecule has 166 valence electrons. The fourth-order valence-corrected chi connectivity index (χ4v) is 4.79. The SMILES string of the molecule is CC(CNS(=O)(=O)c1ccc(F)c(F)c1)Oc1cccc(CN(C)Cc2ccsc2)c1. The molecule has 0 aliphatic carbocycles. The van der Waals surface area contributed by atoms with Crippen LogP contribution in [0.2, 0.25) is 0 Å². The van der Waals surface area contributed by atoms with Crippen molar-refractivity contribution in [1.29, 1.82) is 0 Å². The number of hydrogen-bond donors (Lipinski definition) is 1. The molecule has 0 amide bonds. The second-order valence-electron chi connectivity index (χ2n) is 7.31. The molecule has 0 aliphatic rings.